The lowest BCUT2D eigenvalue weighted by atomic mass is 9.61. The van der Waals surface area contributed by atoms with Crippen LogP contribution in [0.4, 0.5) is 0 Å². The van der Waals surface area contributed by atoms with Crippen LogP contribution in [0.3, 0.4) is 0 Å². The van der Waals surface area contributed by atoms with Gasteiger partial charge in [0.05, 0.1) is 0 Å². The van der Waals surface area contributed by atoms with E-state index in [0.29, 0.717) is 0 Å². The molecule has 0 spiro atoms. The third-order valence-electron chi connectivity index (χ3n) is 5.30. The summed E-state index contributed by atoms with van der Waals surface area (Å²) in [5.41, 5.74) is 3.31. The van der Waals surface area contributed by atoms with Crippen LogP contribution in [0.2, 0.25) is 0 Å². The Labute approximate surface area is 140 Å². The minimum atomic E-state index is -0.286. The topological polar surface area (TPSA) is 17.1 Å². The number of hydrogen-bond donors (Lipinski definition) is 0. The number of Topliss-reactive ketones (excluding diaryl/α,β-unsaturated/α-hetero) is 1. The van der Waals surface area contributed by atoms with Crippen molar-refractivity contribution in [3.63, 3.8) is 0 Å². The number of ketones is 1. The van der Waals surface area contributed by atoms with Crippen molar-refractivity contribution in [1.29, 1.82) is 0 Å². The van der Waals surface area contributed by atoms with Gasteiger partial charge in [0.1, 0.15) is 0 Å². The van der Waals surface area contributed by atoms with Gasteiger partial charge in [0.15, 0.2) is 5.78 Å². The summed E-state index contributed by atoms with van der Waals surface area (Å²) < 4.78 is 0. The van der Waals surface area contributed by atoms with Crippen molar-refractivity contribution in [2.24, 2.45) is 5.41 Å². The Morgan fingerprint density at radius 3 is 2.22 bits per heavy atom. The molecule has 23 heavy (non-hydrogen) atoms. The number of carbonyl (C=O) groups excluding carboxylic acids is 1. The van der Waals surface area contributed by atoms with Gasteiger partial charge in [0.2, 0.25) is 0 Å². The molecular weight excluding hydrogens is 280 g/mol. The molecular formula is C22H28O. The zero-order valence-electron chi connectivity index (χ0n) is 15.5. The molecule has 0 aromatic heterocycles. The minimum Gasteiger partial charge on any atom is -0.294 e. The largest absolute Gasteiger partial charge is 0.294 e. The van der Waals surface area contributed by atoms with Crippen molar-refractivity contribution < 1.29 is 4.79 Å². The van der Waals surface area contributed by atoms with Crippen LogP contribution in [0.1, 0.15) is 76.4 Å². The molecule has 2 aromatic carbocycles. The van der Waals surface area contributed by atoms with Crippen molar-refractivity contribution in [3.8, 4) is 0 Å². The molecule has 0 atom stereocenters. The van der Waals surface area contributed by atoms with Gasteiger partial charge >= 0.3 is 0 Å². The molecule has 1 aliphatic rings. The molecule has 0 N–H and O–H groups in total. The highest BCUT2D eigenvalue weighted by Crippen LogP contribution is 2.47. The highest BCUT2D eigenvalue weighted by atomic mass is 16.1. The van der Waals surface area contributed by atoms with E-state index < -0.39 is 0 Å². The van der Waals surface area contributed by atoms with Crippen LogP contribution in [0.15, 0.2) is 30.3 Å². The number of fused-ring (bicyclic) bond motifs is 2. The zero-order chi connectivity index (χ0) is 17.2. The average molecular weight is 308 g/mol. The number of benzene rings is 2. The van der Waals surface area contributed by atoms with Gasteiger partial charge in [-0.15, -0.1) is 0 Å². The average Bonchev–Trinajstić information content (AvgIpc) is 2.41. The summed E-state index contributed by atoms with van der Waals surface area (Å²) in [6, 6.07) is 10.9. The highest BCUT2D eigenvalue weighted by Gasteiger charge is 2.43. The van der Waals surface area contributed by atoms with E-state index in [0.717, 1.165) is 12.0 Å². The van der Waals surface area contributed by atoms with E-state index in [9.17, 15) is 4.79 Å². The van der Waals surface area contributed by atoms with E-state index in [1.54, 1.807) is 0 Å². The van der Waals surface area contributed by atoms with Crippen LogP contribution in [0.25, 0.3) is 10.8 Å². The lowest BCUT2D eigenvalue weighted by molar-refractivity contribution is 0.0764. The third-order valence-corrected chi connectivity index (χ3v) is 5.30. The van der Waals surface area contributed by atoms with E-state index in [1.165, 1.54) is 21.9 Å². The first-order valence-electron chi connectivity index (χ1n) is 8.56. The zero-order valence-corrected chi connectivity index (χ0v) is 15.5. The molecule has 0 aliphatic heterocycles. The fourth-order valence-electron chi connectivity index (χ4n) is 4.37. The lowest BCUT2D eigenvalue weighted by Crippen LogP contribution is -2.39. The Kier molecular flexibility index (Phi) is 3.31. The van der Waals surface area contributed by atoms with E-state index in [-0.39, 0.29) is 22.0 Å². The summed E-state index contributed by atoms with van der Waals surface area (Å²) in [6.45, 7) is 15.4. The van der Waals surface area contributed by atoms with E-state index in [1.807, 2.05) is 0 Å². The fourth-order valence-corrected chi connectivity index (χ4v) is 4.37. The van der Waals surface area contributed by atoms with Crippen molar-refractivity contribution in [1.82, 2.24) is 0 Å². The summed E-state index contributed by atoms with van der Waals surface area (Å²) >= 11 is 0. The normalized spacial score (nSPS) is 19.7. The van der Waals surface area contributed by atoms with Gasteiger partial charge in [-0.2, -0.15) is 0 Å². The molecule has 1 heteroatoms. The van der Waals surface area contributed by atoms with Gasteiger partial charge in [0.25, 0.3) is 0 Å². The smallest absolute Gasteiger partial charge is 0.168 e. The second-order valence-electron chi connectivity index (χ2n) is 9.45. The summed E-state index contributed by atoms with van der Waals surface area (Å²) in [5, 5.41) is 2.47. The Morgan fingerprint density at radius 2 is 1.61 bits per heavy atom. The van der Waals surface area contributed by atoms with Crippen molar-refractivity contribution in [2.45, 2.75) is 65.7 Å². The monoisotopic (exact) mass is 308 g/mol. The maximum Gasteiger partial charge on any atom is 0.168 e. The number of carbonyl (C=O) groups is 1. The highest BCUT2D eigenvalue weighted by molar-refractivity contribution is 6.06. The summed E-state index contributed by atoms with van der Waals surface area (Å²) in [5.74, 6) is 0.287. The minimum absolute atomic E-state index is 0.0198. The maximum atomic E-state index is 13.0. The molecule has 2 aromatic rings. The van der Waals surface area contributed by atoms with Crippen LogP contribution in [0.5, 0.6) is 0 Å². The molecule has 0 bridgehead atoms. The molecule has 0 unspecified atom stereocenters. The molecule has 3 rings (SSSR count). The van der Waals surface area contributed by atoms with Gasteiger partial charge in [-0.1, -0.05) is 66.7 Å². The molecule has 0 radical (unpaired) electrons. The molecule has 0 fully saturated rings. The van der Waals surface area contributed by atoms with E-state index in [2.05, 4.69) is 78.8 Å². The van der Waals surface area contributed by atoms with Gasteiger partial charge in [-0.05, 0) is 51.3 Å². The Hall–Kier alpha value is -1.63. The first-order chi connectivity index (χ1) is 10.4. The summed E-state index contributed by atoms with van der Waals surface area (Å²) in [4.78, 5) is 13.0. The van der Waals surface area contributed by atoms with Crippen LogP contribution in [-0.4, -0.2) is 5.78 Å². The summed E-state index contributed by atoms with van der Waals surface area (Å²) in [6.07, 6.45) is 0.898. The van der Waals surface area contributed by atoms with Crippen LogP contribution in [0, 0.1) is 5.41 Å². The quantitative estimate of drug-likeness (QED) is 0.581. The van der Waals surface area contributed by atoms with Crippen LogP contribution in [-0.2, 0) is 10.8 Å². The molecule has 1 aliphatic carbocycles. The number of rotatable bonds is 0. The van der Waals surface area contributed by atoms with E-state index in [4.69, 9.17) is 0 Å². The van der Waals surface area contributed by atoms with Crippen LogP contribution < -0.4 is 0 Å². The Balaban J connectivity index is 2.38. The van der Waals surface area contributed by atoms with Gasteiger partial charge < -0.3 is 0 Å². The standard InChI is InChI=1S/C22H28O/c1-20(2,3)17-10-8-9-14-11-16-18(12-15(14)17)21(4,5)13-22(6,7)19(16)23/h8-12H,13H2,1-7H3. The lowest BCUT2D eigenvalue weighted by Gasteiger charge is -2.41. The predicted molar refractivity (Wildman–Crippen MR) is 98.4 cm³/mol. The first-order valence-corrected chi connectivity index (χ1v) is 8.56. The molecule has 0 amide bonds. The predicted octanol–water partition coefficient (Wildman–Crippen LogP) is 6.03. The van der Waals surface area contributed by atoms with Crippen LogP contribution >= 0.6 is 0 Å². The maximum absolute atomic E-state index is 13.0. The Morgan fingerprint density at radius 1 is 0.957 bits per heavy atom. The molecule has 0 heterocycles. The molecule has 122 valence electrons. The first kappa shape index (κ1) is 16.2. The summed E-state index contributed by atoms with van der Waals surface area (Å²) in [7, 11) is 0. The Bertz CT molecular complexity index is 801. The molecule has 1 nitrogen and oxygen atoms in total. The van der Waals surface area contributed by atoms with Gasteiger partial charge in [-0.3, -0.25) is 4.79 Å². The SMILES string of the molecule is CC1(C)CC(C)(C)c2cc3c(C(C)(C)C)cccc3cc2C1=O. The van der Waals surface area contributed by atoms with Crippen molar-refractivity contribution in [3.05, 3.63) is 47.0 Å². The van der Waals surface area contributed by atoms with Crippen molar-refractivity contribution in [2.75, 3.05) is 0 Å². The van der Waals surface area contributed by atoms with E-state index >= 15 is 0 Å². The molecule has 0 saturated heterocycles. The molecule has 0 saturated carbocycles. The third kappa shape index (κ3) is 2.51. The second-order valence-corrected chi connectivity index (χ2v) is 9.45. The van der Waals surface area contributed by atoms with Crippen molar-refractivity contribution >= 4 is 16.6 Å². The van der Waals surface area contributed by atoms with Gasteiger partial charge in [-0.25, -0.2) is 0 Å². The second kappa shape index (κ2) is 4.69. The van der Waals surface area contributed by atoms with Gasteiger partial charge in [0, 0.05) is 11.0 Å². The fraction of sp³-hybridized carbons (Fsp3) is 0.500. The number of hydrogen-bond acceptors (Lipinski definition) is 1.